The molecule has 0 aromatic heterocycles. The van der Waals surface area contributed by atoms with Crippen molar-refractivity contribution in [2.45, 2.75) is 37.8 Å². The Balaban J connectivity index is 0.00000185. The van der Waals surface area contributed by atoms with E-state index >= 15 is 0 Å². The van der Waals surface area contributed by atoms with Gasteiger partial charge in [0.1, 0.15) is 11.5 Å². The Bertz CT molecular complexity index is 3230. The van der Waals surface area contributed by atoms with Crippen LogP contribution < -0.4 is 0 Å². The Morgan fingerprint density at radius 3 is 1.12 bits per heavy atom. The van der Waals surface area contributed by atoms with Gasteiger partial charge in [-0.25, -0.2) is 0 Å². The molecule has 1 aliphatic carbocycles. The fourth-order valence-electron chi connectivity index (χ4n) is 10.0. The second-order valence-electron chi connectivity index (χ2n) is 16.9. The molecule has 2 atom stereocenters. The molecule has 0 bridgehead atoms. The summed E-state index contributed by atoms with van der Waals surface area (Å²) in [7, 11) is 0. The van der Waals surface area contributed by atoms with Crippen LogP contribution in [0.4, 0.5) is 0 Å². The van der Waals surface area contributed by atoms with Crippen molar-refractivity contribution in [1.82, 2.24) is 0 Å². The first-order valence-electron chi connectivity index (χ1n) is 22.5. The van der Waals surface area contributed by atoms with E-state index in [0.717, 1.165) is 113 Å². The number of hydrogen-bond acceptors (Lipinski definition) is 5. The van der Waals surface area contributed by atoms with Crippen molar-refractivity contribution >= 4 is 62.3 Å². The van der Waals surface area contributed by atoms with Crippen LogP contribution in [0.3, 0.4) is 0 Å². The van der Waals surface area contributed by atoms with E-state index in [1.54, 1.807) is 0 Å². The second-order valence-corrected chi connectivity index (χ2v) is 16.9. The maximum atomic E-state index is 12.5. The number of carbonyl (C=O) groups excluding carboxylic acids is 1. The van der Waals surface area contributed by atoms with E-state index in [1.165, 1.54) is 0 Å². The van der Waals surface area contributed by atoms with E-state index in [1.807, 2.05) is 48.8 Å². The molecule has 10 aromatic carbocycles. The summed E-state index contributed by atoms with van der Waals surface area (Å²) < 4.78 is 0. The van der Waals surface area contributed by atoms with Crippen LogP contribution in [0.15, 0.2) is 204 Å². The Morgan fingerprint density at radius 1 is 0.403 bits per heavy atom. The number of phenolic OH excluding ortho intramolecular Hbond substituents is 2. The molecule has 5 nitrogen and oxygen atoms in total. The van der Waals surface area contributed by atoms with Crippen LogP contribution in [0.5, 0.6) is 11.5 Å². The third kappa shape index (κ3) is 8.57. The topological polar surface area (TPSA) is 82.2 Å². The summed E-state index contributed by atoms with van der Waals surface area (Å²) in [5.41, 5.74) is 9.27. The molecule has 6 heteroatoms. The summed E-state index contributed by atoms with van der Waals surface area (Å²) in [5.74, 6) is 0.424. The summed E-state index contributed by atoms with van der Waals surface area (Å²) in [6, 6.07) is 66.9. The molecule has 0 amide bonds. The van der Waals surface area contributed by atoms with Gasteiger partial charge < -0.3 is 21.8 Å². The summed E-state index contributed by atoms with van der Waals surface area (Å²) in [6.07, 6.45) is 7.60. The molecule has 0 aliphatic heterocycles. The zero-order chi connectivity index (χ0) is 45.0. The molecular weight excluding hydrogens is 910 g/mol. The number of fused-ring (bicyclic) bond motifs is 4. The third-order valence-corrected chi connectivity index (χ3v) is 13.1. The van der Waals surface area contributed by atoms with Crippen molar-refractivity contribution in [3.05, 3.63) is 205 Å². The fourth-order valence-corrected chi connectivity index (χ4v) is 10.0. The molecule has 0 saturated heterocycles. The molecule has 2 N–H and O–H groups in total. The summed E-state index contributed by atoms with van der Waals surface area (Å²) in [5, 5.41) is 33.4. The molecule has 0 unspecified atom stereocenters. The number of nitrogens with zero attached hydrogens (tertiary/aromatic N) is 2. The van der Waals surface area contributed by atoms with Gasteiger partial charge in [0.15, 0.2) is 0 Å². The number of hydrogen-bond donors (Lipinski definition) is 2. The van der Waals surface area contributed by atoms with Crippen molar-refractivity contribution in [1.29, 1.82) is 0 Å². The maximum absolute atomic E-state index is 12.5. The molecule has 10 aromatic rings. The molecule has 2 radical (unpaired) electrons. The van der Waals surface area contributed by atoms with E-state index in [2.05, 4.69) is 165 Å². The predicted molar refractivity (Wildman–Crippen MR) is 275 cm³/mol. The van der Waals surface area contributed by atoms with Gasteiger partial charge in [0.2, 0.25) is 0 Å². The Hall–Kier alpha value is -7.53. The van der Waals surface area contributed by atoms with E-state index in [0.29, 0.717) is 11.1 Å². The van der Waals surface area contributed by atoms with E-state index in [9.17, 15) is 10.2 Å². The summed E-state index contributed by atoms with van der Waals surface area (Å²) >= 11 is 0. The minimum Gasteiger partial charge on any atom is -0.573 e. The summed E-state index contributed by atoms with van der Waals surface area (Å²) in [4.78, 5) is 18.0. The number of phenols is 2. The third-order valence-electron chi connectivity index (χ3n) is 13.1. The minimum atomic E-state index is -0.0958. The average molecular weight is 956 g/mol. The van der Waals surface area contributed by atoms with Crippen molar-refractivity contribution in [3.63, 3.8) is 0 Å². The van der Waals surface area contributed by atoms with Gasteiger partial charge in [-0.05, 0) is 90.3 Å². The monoisotopic (exact) mass is 956 g/mol. The van der Waals surface area contributed by atoms with Crippen LogP contribution >= 0.6 is 0 Å². The molecule has 11 rings (SSSR count). The van der Waals surface area contributed by atoms with Crippen molar-refractivity contribution in [2.75, 3.05) is 0 Å². The first-order valence-corrected chi connectivity index (χ1v) is 22.5. The largest absolute Gasteiger partial charge is 1.00 e. The predicted octanol–water partition coefficient (Wildman–Crippen LogP) is 14.8. The molecule has 0 heterocycles. The average Bonchev–Trinajstić information content (AvgIpc) is 3.38. The molecule has 1 fully saturated rings. The van der Waals surface area contributed by atoms with Crippen LogP contribution in [-0.2, 0) is 24.3 Å². The first kappa shape index (κ1) is 44.7. The van der Waals surface area contributed by atoms with E-state index in [4.69, 9.17) is 14.8 Å². The number of aliphatic imine (C=N–C) groups is 2. The zero-order valence-corrected chi connectivity index (χ0v) is 38.4. The maximum Gasteiger partial charge on any atom is 1.00 e. The van der Waals surface area contributed by atoms with Crippen molar-refractivity contribution in [2.24, 2.45) is 9.98 Å². The molecule has 1 aliphatic rings. The number of benzene rings is 10. The second kappa shape index (κ2) is 19.9. The smallest absolute Gasteiger partial charge is 0.573 e. The molecule has 0 spiro atoms. The van der Waals surface area contributed by atoms with Crippen LogP contribution in [0.2, 0.25) is 0 Å². The number of aromatic hydroxyl groups is 2. The van der Waals surface area contributed by atoms with Gasteiger partial charge in [-0.3, -0.25) is 9.98 Å². The first-order chi connectivity index (χ1) is 32.6. The van der Waals surface area contributed by atoms with Crippen LogP contribution in [0.1, 0.15) is 36.8 Å². The molecule has 326 valence electrons. The zero-order valence-electron chi connectivity index (χ0n) is 36.7. The summed E-state index contributed by atoms with van der Waals surface area (Å²) in [6.45, 7) is 4.50. The normalized spacial score (nSPS) is 14.9. The Kier molecular flexibility index (Phi) is 13.3. The van der Waals surface area contributed by atoms with Gasteiger partial charge in [0.05, 0.1) is 12.1 Å². The van der Waals surface area contributed by atoms with E-state index in [-0.39, 0.29) is 43.1 Å². The standard InChI is InChI=1S/C60H46N2O2.CO.Ru/c63-59-45(35-43-23-9-13-27-49(43)57(59)55-47-25-11-7-21-41(47)31-33-51(55)39-17-3-1-4-18-39)37-61-53-29-15-16-30-54(53)62-38-46-36-44-24-10-14-28-50(44)58(60(46)64)56-48-26-12-8-22-42(48)32-34-52(56)40-19-5-2-6-20-40;1-2;/h1-14,17-28,31-38,53-54,63-64H,15-16,29-30H2;;/q;-1;+1/t53-,54-;;/m1../s1. The minimum absolute atomic E-state index is 0. The van der Waals surface area contributed by atoms with Gasteiger partial charge >= 0.3 is 19.5 Å². The Morgan fingerprint density at radius 2 is 0.731 bits per heavy atom. The van der Waals surface area contributed by atoms with E-state index < -0.39 is 0 Å². The van der Waals surface area contributed by atoms with Crippen molar-refractivity contribution in [3.8, 4) is 56.0 Å². The van der Waals surface area contributed by atoms with Gasteiger partial charge in [-0.1, -0.05) is 195 Å². The molecular formula is C61H46N2O3Ru. The van der Waals surface area contributed by atoms with Crippen LogP contribution in [-0.4, -0.2) is 41.5 Å². The number of rotatable bonds is 8. The van der Waals surface area contributed by atoms with Crippen molar-refractivity contribution < 1.29 is 34.5 Å². The Labute approximate surface area is 403 Å². The fraction of sp³-hybridized carbons (Fsp3) is 0.0984. The quantitative estimate of drug-likeness (QED) is 0.0904. The van der Waals surface area contributed by atoms with Gasteiger partial charge in [-0.15, -0.1) is 0 Å². The molecule has 67 heavy (non-hydrogen) atoms. The molecule has 1 saturated carbocycles. The van der Waals surface area contributed by atoms with Gasteiger partial charge in [0, 0.05) is 45.8 Å². The van der Waals surface area contributed by atoms with Crippen LogP contribution in [0, 0.1) is 0 Å². The van der Waals surface area contributed by atoms with Crippen LogP contribution in [0.25, 0.3) is 87.6 Å². The van der Waals surface area contributed by atoms with Gasteiger partial charge in [-0.2, -0.15) is 0 Å². The van der Waals surface area contributed by atoms with Gasteiger partial charge in [0.25, 0.3) is 0 Å². The SMILES string of the molecule is Oc1c(C=N[C@@H]2CCCC[C@H]2N=Cc2cc3ccccc3c(-c3c(-c4ccccc4)ccc4ccccc34)c2O)cc2ccccc2c1-c1c(-c2ccccc2)ccc2ccccc12.[C-]=O.[Ru+].